The Morgan fingerprint density at radius 3 is 2.45 bits per heavy atom. The number of rotatable bonds is 11. The molecule has 1 aromatic carbocycles. The number of nitrogens with one attached hydrogen (secondary N) is 2. The largest absolute Gasteiger partial charge is 0.466 e. The average molecular weight is 586 g/mol. The molecule has 0 radical (unpaired) electrons. The lowest BCUT2D eigenvalue weighted by Gasteiger charge is -2.37. The van der Waals surface area contributed by atoms with E-state index in [2.05, 4.69) is 46.4 Å². The Morgan fingerprint density at radius 1 is 1.08 bits per heavy atom. The van der Waals surface area contributed by atoms with Crippen LogP contribution in [0.1, 0.15) is 39.5 Å². The first-order chi connectivity index (χ1) is 18.4. The van der Waals surface area contributed by atoms with Gasteiger partial charge in [-0.2, -0.15) is 0 Å². The van der Waals surface area contributed by atoms with E-state index in [0.29, 0.717) is 49.1 Å². The lowest BCUT2D eigenvalue weighted by Crippen LogP contribution is -2.46. The number of ether oxygens (including phenoxy) is 2. The molecule has 202 valence electrons. The Balaban J connectivity index is 1.41. The molecule has 3 heterocycles. The highest BCUT2D eigenvalue weighted by atomic mass is 79.9. The minimum atomic E-state index is -0.305. The number of hydrogen-bond donors (Lipinski definition) is 2. The van der Waals surface area contributed by atoms with Gasteiger partial charge in [0.2, 0.25) is 5.95 Å². The van der Waals surface area contributed by atoms with Gasteiger partial charge in [0, 0.05) is 35.3 Å². The molecule has 2 N–H and O–H groups in total. The van der Waals surface area contributed by atoms with E-state index in [-0.39, 0.29) is 36.9 Å². The highest BCUT2D eigenvalue weighted by Crippen LogP contribution is 2.25. The number of anilines is 3. The minimum Gasteiger partial charge on any atom is -0.466 e. The van der Waals surface area contributed by atoms with Gasteiger partial charge in [0.25, 0.3) is 0 Å². The molecule has 12 heteroatoms. The Labute approximate surface area is 229 Å². The molecular weight excluding hydrogens is 554 g/mol. The molecule has 1 aliphatic rings. The summed E-state index contributed by atoms with van der Waals surface area (Å²) in [6.07, 6.45) is 5.09. The number of esters is 2. The van der Waals surface area contributed by atoms with Gasteiger partial charge in [-0.05, 0) is 44.9 Å². The third-order valence-electron chi connectivity index (χ3n) is 6.26. The van der Waals surface area contributed by atoms with Crippen molar-refractivity contribution in [1.82, 2.24) is 24.8 Å². The second kappa shape index (κ2) is 13.4. The number of carbonyl (C=O) groups is 2. The molecule has 2 aromatic heterocycles. The van der Waals surface area contributed by atoms with Crippen LogP contribution in [0.3, 0.4) is 0 Å². The third-order valence-corrected chi connectivity index (χ3v) is 6.75. The second-order valence-electron chi connectivity index (χ2n) is 8.91. The summed E-state index contributed by atoms with van der Waals surface area (Å²) in [4.78, 5) is 44.3. The number of halogens is 1. The predicted molar refractivity (Wildman–Crippen MR) is 147 cm³/mol. The number of aromatic nitrogens is 4. The Morgan fingerprint density at radius 2 is 1.79 bits per heavy atom. The molecule has 0 unspecified atom stereocenters. The number of nitrogens with zero attached hydrogens (tertiary/aromatic N) is 5. The monoisotopic (exact) mass is 585 g/mol. The van der Waals surface area contributed by atoms with E-state index in [1.165, 1.54) is 6.33 Å². The quantitative estimate of drug-likeness (QED) is 0.315. The zero-order valence-electron chi connectivity index (χ0n) is 21.5. The molecule has 38 heavy (non-hydrogen) atoms. The summed E-state index contributed by atoms with van der Waals surface area (Å²) in [6, 6.07) is 7.68. The summed E-state index contributed by atoms with van der Waals surface area (Å²) in [6.45, 7) is 5.61. The fourth-order valence-electron chi connectivity index (χ4n) is 4.46. The lowest BCUT2D eigenvalue weighted by molar-refractivity contribution is -0.147. The van der Waals surface area contributed by atoms with Crippen molar-refractivity contribution in [2.24, 2.45) is 0 Å². The standard InChI is InChI=1S/C26H32BrN7O4/c1-3-37-22(35)13-20(14-23(36)38-4-2)34-10-8-18(9-11-34)32-26-28-15-21-24(33-26)25(30-16-29-21)31-19-7-5-6-17(27)12-19/h5-7,12,15-16,18,20H,3-4,8-11,13-14H2,1-2H3,(H,28,32,33)(H,29,30,31). The molecule has 1 saturated heterocycles. The maximum Gasteiger partial charge on any atom is 0.307 e. The van der Waals surface area contributed by atoms with Gasteiger partial charge >= 0.3 is 11.9 Å². The van der Waals surface area contributed by atoms with Gasteiger partial charge in [-0.3, -0.25) is 14.5 Å². The number of likely N-dealkylation sites (tertiary alicyclic amines) is 1. The molecule has 1 aliphatic heterocycles. The van der Waals surface area contributed by atoms with Crippen LogP contribution in [0.15, 0.2) is 41.3 Å². The van der Waals surface area contributed by atoms with Crippen LogP contribution in [0, 0.1) is 0 Å². The fourth-order valence-corrected chi connectivity index (χ4v) is 4.86. The predicted octanol–water partition coefficient (Wildman–Crippen LogP) is 4.08. The minimum absolute atomic E-state index is 0.139. The van der Waals surface area contributed by atoms with Crippen LogP contribution in [0.5, 0.6) is 0 Å². The first kappa shape index (κ1) is 27.6. The molecule has 0 spiro atoms. The van der Waals surface area contributed by atoms with Crippen LogP contribution in [0.4, 0.5) is 17.5 Å². The van der Waals surface area contributed by atoms with Crippen molar-refractivity contribution < 1.29 is 19.1 Å². The van der Waals surface area contributed by atoms with E-state index >= 15 is 0 Å². The lowest BCUT2D eigenvalue weighted by atomic mass is 10.00. The zero-order valence-corrected chi connectivity index (χ0v) is 23.1. The number of piperidine rings is 1. The van der Waals surface area contributed by atoms with Crippen molar-refractivity contribution in [3.8, 4) is 0 Å². The number of fused-ring (bicyclic) bond motifs is 1. The highest BCUT2D eigenvalue weighted by Gasteiger charge is 2.29. The maximum absolute atomic E-state index is 12.2. The van der Waals surface area contributed by atoms with Crippen LogP contribution in [-0.2, 0) is 19.1 Å². The highest BCUT2D eigenvalue weighted by molar-refractivity contribution is 9.10. The van der Waals surface area contributed by atoms with Crippen LogP contribution in [-0.4, -0.2) is 75.2 Å². The second-order valence-corrected chi connectivity index (χ2v) is 9.83. The summed E-state index contributed by atoms with van der Waals surface area (Å²) in [5, 5.41) is 6.74. The maximum atomic E-state index is 12.2. The van der Waals surface area contributed by atoms with Gasteiger partial charge in [0.15, 0.2) is 5.82 Å². The van der Waals surface area contributed by atoms with E-state index in [1.807, 2.05) is 24.3 Å². The molecular formula is C26H32BrN7O4. The molecule has 3 aromatic rings. The first-order valence-corrected chi connectivity index (χ1v) is 13.6. The molecule has 0 atom stereocenters. The van der Waals surface area contributed by atoms with E-state index in [4.69, 9.17) is 14.5 Å². The van der Waals surface area contributed by atoms with Crippen molar-refractivity contribution in [2.75, 3.05) is 36.9 Å². The summed E-state index contributed by atoms with van der Waals surface area (Å²) in [7, 11) is 0. The molecule has 0 saturated carbocycles. The third kappa shape index (κ3) is 7.57. The number of benzene rings is 1. The van der Waals surface area contributed by atoms with Gasteiger partial charge in [0.1, 0.15) is 17.4 Å². The number of carbonyl (C=O) groups excluding carboxylic acids is 2. The van der Waals surface area contributed by atoms with E-state index in [9.17, 15) is 9.59 Å². The van der Waals surface area contributed by atoms with E-state index in [0.717, 1.165) is 23.0 Å². The van der Waals surface area contributed by atoms with Crippen molar-refractivity contribution in [2.45, 2.75) is 51.6 Å². The van der Waals surface area contributed by atoms with Gasteiger partial charge in [-0.25, -0.2) is 19.9 Å². The first-order valence-electron chi connectivity index (χ1n) is 12.8. The van der Waals surface area contributed by atoms with Crippen LogP contribution >= 0.6 is 15.9 Å². The smallest absolute Gasteiger partial charge is 0.307 e. The van der Waals surface area contributed by atoms with Crippen molar-refractivity contribution in [3.63, 3.8) is 0 Å². The van der Waals surface area contributed by atoms with Crippen LogP contribution < -0.4 is 10.6 Å². The van der Waals surface area contributed by atoms with Crippen molar-refractivity contribution >= 4 is 56.4 Å². The average Bonchev–Trinajstić information content (AvgIpc) is 2.89. The number of hydrogen-bond acceptors (Lipinski definition) is 11. The molecule has 0 aliphatic carbocycles. The van der Waals surface area contributed by atoms with Crippen molar-refractivity contribution in [1.29, 1.82) is 0 Å². The molecule has 0 bridgehead atoms. The summed E-state index contributed by atoms with van der Waals surface area (Å²) in [5.74, 6) is 0.481. The van der Waals surface area contributed by atoms with Gasteiger partial charge < -0.3 is 20.1 Å². The Bertz CT molecular complexity index is 1230. The molecule has 4 rings (SSSR count). The molecule has 1 fully saturated rings. The summed E-state index contributed by atoms with van der Waals surface area (Å²) < 4.78 is 11.2. The fraction of sp³-hybridized carbons (Fsp3) is 0.462. The van der Waals surface area contributed by atoms with Crippen LogP contribution in [0.25, 0.3) is 11.0 Å². The Kier molecular flexibility index (Phi) is 9.77. The van der Waals surface area contributed by atoms with Gasteiger partial charge in [-0.1, -0.05) is 22.0 Å². The van der Waals surface area contributed by atoms with Crippen LogP contribution in [0.2, 0.25) is 0 Å². The van der Waals surface area contributed by atoms with Crippen molar-refractivity contribution in [3.05, 3.63) is 41.3 Å². The topological polar surface area (TPSA) is 131 Å². The van der Waals surface area contributed by atoms with E-state index < -0.39 is 0 Å². The Hall–Kier alpha value is -3.38. The summed E-state index contributed by atoms with van der Waals surface area (Å²) >= 11 is 3.48. The van der Waals surface area contributed by atoms with E-state index in [1.54, 1.807) is 20.0 Å². The zero-order chi connectivity index (χ0) is 26.9. The van der Waals surface area contributed by atoms with Gasteiger partial charge in [-0.15, -0.1) is 0 Å². The SMILES string of the molecule is CCOC(=O)CC(CC(=O)OCC)N1CCC(Nc2ncc3ncnc(Nc4cccc(Br)c4)c3n2)CC1. The van der Waals surface area contributed by atoms with Gasteiger partial charge in [0.05, 0.1) is 32.3 Å². The molecule has 11 nitrogen and oxygen atoms in total. The molecule has 0 amide bonds. The normalized spacial score (nSPS) is 14.4. The summed E-state index contributed by atoms with van der Waals surface area (Å²) in [5.41, 5.74) is 2.13.